The van der Waals surface area contributed by atoms with Gasteiger partial charge in [-0.3, -0.25) is 9.59 Å². The van der Waals surface area contributed by atoms with Crippen LogP contribution in [0, 0.1) is 6.92 Å². The molecule has 2 rings (SSSR count). The number of carboxylic acids is 1. The molecule has 0 atom stereocenters. The van der Waals surface area contributed by atoms with Crippen LogP contribution < -0.4 is 0 Å². The van der Waals surface area contributed by atoms with Gasteiger partial charge < -0.3 is 10.2 Å². The van der Waals surface area contributed by atoms with E-state index in [1.807, 2.05) is 6.92 Å². The van der Waals surface area contributed by atoms with Gasteiger partial charge in [-0.15, -0.1) is 0 Å². The summed E-state index contributed by atoms with van der Waals surface area (Å²) in [6.07, 6.45) is -0.0576. The lowest BCUT2D eigenvalue weighted by Gasteiger charge is -2.36. The summed E-state index contributed by atoms with van der Waals surface area (Å²) < 4.78 is 0. The van der Waals surface area contributed by atoms with Crippen molar-refractivity contribution in [3.8, 4) is 5.75 Å². The standard InChI is InChI=1S/C12H12O4/c1-7-2-3-9(10(14)4-7)12(11(15)16)5-8(13)6-12/h2-4,14H,5-6H2,1H3,(H,15,16). The van der Waals surface area contributed by atoms with E-state index in [2.05, 4.69) is 0 Å². The topological polar surface area (TPSA) is 74.6 Å². The molecule has 1 aromatic rings. The third-order valence-electron chi connectivity index (χ3n) is 3.08. The third kappa shape index (κ3) is 1.38. The molecule has 1 aromatic carbocycles. The van der Waals surface area contributed by atoms with Gasteiger partial charge in [0.1, 0.15) is 16.9 Å². The third-order valence-corrected chi connectivity index (χ3v) is 3.08. The zero-order valence-electron chi connectivity index (χ0n) is 8.86. The highest BCUT2D eigenvalue weighted by atomic mass is 16.4. The van der Waals surface area contributed by atoms with Crippen molar-refractivity contribution in [2.75, 3.05) is 0 Å². The summed E-state index contributed by atoms with van der Waals surface area (Å²) in [7, 11) is 0. The molecule has 2 N–H and O–H groups in total. The van der Waals surface area contributed by atoms with E-state index in [4.69, 9.17) is 0 Å². The van der Waals surface area contributed by atoms with Crippen molar-refractivity contribution in [1.82, 2.24) is 0 Å². The van der Waals surface area contributed by atoms with Gasteiger partial charge in [0.15, 0.2) is 0 Å². The number of carbonyl (C=O) groups excluding carboxylic acids is 1. The van der Waals surface area contributed by atoms with E-state index in [0.29, 0.717) is 5.56 Å². The molecule has 1 aliphatic carbocycles. The van der Waals surface area contributed by atoms with Crippen LogP contribution in [0.3, 0.4) is 0 Å². The average Bonchev–Trinajstić information content (AvgIpc) is 2.12. The number of aryl methyl sites for hydroxylation is 1. The van der Waals surface area contributed by atoms with Crippen LogP contribution in [-0.4, -0.2) is 22.0 Å². The van der Waals surface area contributed by atoms with E-state index in [0.717, 1.165) is 5.56 Å². The van der Waals surface area contributed by atoms with Gasteiger partial charge in [-0.05, 0) is 18.6 Å². The second-order valence-electron chi connectivity index (χ2n) is 4.30. The fraction of sp³-hybridized carbons (Fsp3) is 0.333. The van der Waals surface area contributed by atoms with Gasteiger partial charge in [-0.2, -0.15) is 0 Å². The lowest BCUT2D eigenvalue weighted by molar-refractivity contribution is -0.153. The maximum absolute atomic E-state index is 11.2. The predicted octanol–water partition coefficient (Wildman–Crippen LogP) is 1.39. The summed E-state index contributed by atoms with van der Waals surface area (Å²) in [5.41, 5.74) is -0.0212. The molecule has 0 saturated heterocycles. The maximum atomic E-state index is 11.2. The molecule has 0 heterocycles. The number of Topliss-reactive ketones (excluding diaryl/α,β-unsaturated/α-hetero) is 1. The van der Waals surface area contributed by atoms with Crippen molar-refractivity contribution >= 4 is 11.8 Å². The second kappa shape index (κ2) is 3.33. The molecule has 1 aliphatic rings. The number of ketones is 1. The molecule has 1 fully saturated rings. The molecular formula is C12H12O4. The molecule has 4 heteroatoms. The van der Waals surface area contributed by atoms with E-state index in [9.17, 15) is 19.8 Å². The number of aliphatic carboxylic acids is 1. The monoisotopic (exact) mass is 220 g/mol. The van der Waals surface area contributed by atoms with Crippen molar-refractivity contribution in [2.24, 2.45) is 0 Å². The molecule has 0 bridgehead atoms. The van der Waals surface area contributed by atoms with E-state index >= 15 is 0 Å². The normalized spacial score (nSPS) is 17.9. The van der Waals surface area contributed by atoms with Crippen LogP contribution >= 0.6 is 0 Å². The highest BCUT2D eigenvalue weighted by Crippen LogP contribution is 2.45. The first kappa shape index (κ1) is 10.7. The Morgan fingerprint density at radius 2 is 2.00 bits per heavy atom. The Morgan fingerprint density at radius 1 is 1.38 bits per heavy atom. The SMILES string of the molecule is Cc1ccc(C2(C(=O)O)CC(=O)C2)c(O)c1. The minimum absolute atomic E-state index is 0.0288. The van der Waals surface area contributed by atoms with Crippen molar-refractivity contribution in [1.29, 1.82) is 0 Å². The van der Waals surface area contributed by atoms with Crippen LogP contribution in [0.2, 0.25) is 0 Å². The summed E-state index contributed by atoms with van der Waals surface area (Å²) in [6, 6.07) is 4.84. The van der Waals surface area contributed by atoms with Gasteiger partial charge in [0.2, 0.25) is 0 Å². The maximum Gasteiger partial charge on any atom is 0.315 e. The Labute approximate surface area is 92.5 Å². The van der Waals surface area contributed by atoms with Crippen LogP contribution in [-0.2, 0) is 15.0 Å². The predicted molar refractivity (Wildman–Crippen MR) is 56.4 cm³/mol. The van der Waals surface area contributed by atoms with E-state index in [-0.39, 0.29) is 24.4 Å². The average molecular weight is 220 g/mol. The first-order valence-corrected chi connectivity index (χ1v) is 5.01. The van der Waals surface area contributed by atoms with Gasteiger partial charge in [0.25, 0.3) is 0 Å². The number of phenols is 1. The Balaban J connectivity index is 2.49. The first-order valence-electron chi connectivity index (χ1n) is 5.01. The van der Waals surface area contributed by atoms with Crippen LogP contribution in [0.15, 0.2) is 18.2 Å². The van der Waals surface area contributed by atoms with Gasteiger partial charge >= 0.3 is 5.97 Å². The molecule has 16 heavy (non-hydrogen) atoms. The number of hydrogen-bond acceptors (Lipinski definition) is 3. The molecule has 84 valence electrons. The number of aromatic hydroxyl groups is 1. The fourth-order valence-corrected chi connectivity index (χ4v) is 2.12. The van der Waals surface area contributed by atoms with Crippen molar-refractivity contribution in [3.63, 3.8) is 0 Å². The van der Waals surface area contributed by atoms with Crippen LogP contribution in [0.1, 0.15) is 24.0 Å². The summed E-state index contributed by atoms with van der Waals surface area (Å²) in [5.74, 6) is -1.18. The minimum Gasteiger partial charge on any atom is -0.508 e. The Hall–Kier alpha value is -1.84. The summed E-state index contributed by atoms with van der Waals surface area (Å²) in [5, 5.41) is 18.9. The molecule has 0 spiro atoms. The minimum atomic E-state index is -1.21. The molecule has 4 nitrogen and oxygen atoms in total. The van der Waals surface area contributed by atoms with Crippen molar-refractivity contribution in [2.45, 2.75) is 25.2 Å². The summed E-state index contributed by atoms with van der Waals surface area (Å²) in [4.78, 5) is 22.2. The number of rotatable bonds is 2. The van der Waals surface area contributed by atoms with E-state index < -0.39 is 11.4 Å². The molecule has 0 radical (unpaired) electrons. The molecule has 1 saturated carbocycles. The smallest absolute Gasteiger partial charge is 0.315 e. The molecule has 0 unspecified atom stereocenters. The summed E-state index contributed by atoms with van der Waals surface area (Å²) >= 11 is 0. The molecule has 0 aromatic heterocycles. The highest BCUT2D eigenvalue weighted by molar-refractivity contribution is 6.01. The van der Waals surface area contributed by atoms with E-state index in [1.54, 1.807) is 12.1 Å². The second-order valence-corrected chi connectivity index (χ2v) is 4.30. The quantitative estimate of drug-likeness (QED) is 0.789. The van der Waals surface area contributed by atoms with Crippen LogP contribution in [0.5, 0.6) is 5.75 Å². The Morgan fingerprint density at radius 3 is 2.44 bits per heavy atom. The number of phenolic OH excluding ortho intramolecular Hbond substituents is 1. The molecular weight excluding hydrogens is 208 g/mol. The van der Waals surface area contributed by atoms with Crippen LogP contribution in [0.4, 0.5) is 0 Å². The molecule has 0 amide bonds. The van der Waals surface area contributed by atoms with Gasteiger partial charge in [0.05, 0.1) is 0 Å². The van der Waals surface area contributed by atoms with E-state index in [1.165, 1.54) is 6.07 Å². The van der Waals surface area contributed by atoms with Gasteiger partial charge in [0, 0.05) is 18.4 Å². The largest absolute Gasteiger partial charge is 0.508 e. The lowest BCUT2D eigenvalue weighted by Crippen LogP contribution is -2.48. The van der Waals surface area contributed by atoms with Crippen LogP contribution in [0.25, 0.3) is 0 Å². The fourth-order valence-electron chi connectivity index (χ4n) is 2.12. The zero-order chi connectivity index (χ0) is 11.9. The first-order chi connectivity index (χ1) is 7.45. The number of hydrogen-bond donors (Lipinski definition) is 2. The Kier molecular flexibility index (Phi) is 2.22. The number of benzene rings is 1. The molecule has 0 aliphatic heterocycles. The van der Waals surface area contributed by atoms with Gasteiger partial charge in [-0.1, -0.05) is 12.1 Å². The number of carboxylic acid groups (broad SMARTS) is 1. The Bertz CT molecular complexity index is 468. The van der Waals surface area contributed by atoms with Crippen molar-refractivity contribution < 1.29 is 19.8 Å². The van der Waals surface area contributed by atoms with Gasteiger partial charge in [-0.25, -0.2) is 0 Å². The van der Waals surface area contributed by atoms with Crippen molar-refractivity contribution in [3.05, 3.63) is 29.3 Å². The zero-order valence-corrected chi connectivity index (χ0v) is 8.86. The number of carbonyl (C=O) groups is 2. The lowest BCUT2D eigenvalue weighted by atomic mass is 9.63. The summed E-state index contributed by atoms with van der Waals surface area (Å²) in [6.45, 7) is 1.81. The highest BCUT2D eigenvalue weighted by Gasteiger charge is 2.52.